The SMILES string of the molecule is CC(=O)Cc1c(C)cc(-n2cc(Cl)cn2)cc1C. The first-order valence-corrected chi connectivity index (χ1v) is 6.15. The monoisotopic (exact) mass is 262 g/mol. The van der Waals surface area contributed by atoms with Crippen LogP contribution in [0.25, 0.3) is 5.69 Å². The predicted octanol–water partition coefficient (Wildman–Crippen LogP) is 3.27. The Labute approximate surface area is 111 Å². The molecule has 18 heavy (non-hydrogen) atoms. The molecule has 0 radical (unpaired) electrons. The van der Waals surface area contributed by atoms with Crippen molar-refractivity contribution in [2.75, 3.05) is 0 Å². The van der Waals surface area contributed by atoms with Crippen molar-refractivity contribution in [3.05, 3.63) is 46.2 Å². The minimum absolute atomic E-state index is 0.177. The minimum atomic E-state index is 0.177. The van der Waals surface area contributed by atoms with E-state index in [1.54, 1.807) is 24.0 Å². The van der Waals surface area contributed by atoms with Crippen LogP contribution in [0.5, 0.6) is 0 Å². The maximum Gasteiger partial charge on any atom is 0.134 e. The van der Waals surface area contributed by atoms with Gasteiger partial charge in [0.05, 0.1) is 16.9 Å². The van der Waals surface area contributed by atoms with Gasteiger partial charge in [0.2, 0.25) is 0 Å². The summed E-state index contributed by atoms with van der Waals surface area (Å²) in [4.78, 5) is 11.2. The third kappa shape index (κ3) is 2.62. The zero-order chi connectivity index (χ0) is 13.3. The normalized spacial score (nSPS) is 10.7. The molecule has 1 heterocycles. The lowest BCUT2D eigenvalue weighted by Crippen LogP contribution is -2.04. The molecule has 1 aromatic heterocycles. The molecule has 0 bridgehead atoms. The number of hydrogen-bond donors (Lipinski definition) is 0. The summed E-state index contributed by atoms with van der Waals surface area (Å²) in [6, 6.07) is 4.04. The van der Waals surface area contributed by atoms with Gasteiger partial charge in [0.1, 0.15) is 5.78 Å². The van der Waals surface area contributed by atoms with Crippen LogP contribution in [0.2, 0.25) is 5.02 Å². The number of ketones is 1. The number of carbonyl (C=O) groups excluding carboxylic acids is 1. The van der Waals surface area contributed by atoms with E-state index in [1.165, 1.54) is 0 Å². The molecule has 0 amide bonds. The summed E-state index contributed by atoms with van der Waals surface area (Å²) in [6.07, 6.45) is 3.86. The zero-order valence-electron chi connectivity index (χ0n) is 10.7. The van der Waals surface area contributed by atoms with Crippen LogP contribution in [0.3, 0.4) is 0 Å². The first-order chi connectivity index (χ1) is 8.47. The number of aromatic nitrogens is 2. The second-order valence-corrected chi connectivity index (χ2v) is 4.98. The smallest absolute Gasteiger partial charge is 0.134 e. The van der Waals surface area contributed by atoms with Crippen LogP contribution < -0.4 is 0 Å². The Hall–Kier alpha value is -1.61. The van der Waals surface area contributed by atoms with Gasteiger partial charge in [-0.2, -0.15) is 5.10 Å². The summed E-state index contributed by atoms with van der Waals surface area (Å²) in [6.45, 7) is 5.64. The Morgan fingerprint density at radius 3 is 2.39 bits per heavy atom. The van der Waals surface area contributed by atoms with Gasteiger partial charge >= 0.3 is 0 Å². The molecule has 0 unspecified atom stereocenters. The molecular weight excluding hydrogens is 248 g/mol. The van der Waals surface area contributed by atoms with Crippen molar-refractivity contribution in [2.45, 2.75) is 27.2 Å². The van der Waals surface area contributed by atoms with Crippen LogP contribution in [0.4, 0.5) is 0 Å². The molecule has 0 atom stereocenters. The van der Waals surface area contributed by atoms with E-state index < -0.39 is 0 Å². The fourth-order valence-electron chi connectivity index (χ4n) is 2.07. The van der Waals surface area contributed by atoms with Crippen molar-refractivity contribution in [3.8, 4) is 5.69 Å². The molecule has 1 aromatic carbocycles. The Bertz CT molecular complexity index is 579. The van der Waals surface area contributed by atoms with Crippen molar-refractivity contribution in [2.24, 2.45) is 0 Å². The van der Waals surface area contributed by atoms with Crippen molar-refractivity contribution < 1.29 is 4.79 Å². The summed E-state index contributed by atoms with van der Waals surface area (Å²) in [5.41, 5.74) is 4.27. The molecule has 3 nitrogen and oxygen atoms in total. The third-order valence-electron chi connectivity index (χ3n) is 2.92. The van der Waals surface area contributed by atoms with Gasteiger partial charge in [-0.05, 0) is 49.6 Å². The van der Waals surface area contributed by atoms with E-state index in [2.05, 4.69) is 5.10 Å². The lowest BCUT2D eigenvalue weighted by Gasteiger charge is -2.11. The van der Waals surface area contributed by atoms with Crippen LogP contribution >= 0.6 is 11.6 Å². The van der Waals surface area contributed by atoms with E-state index in [1.807, 2.05) is 26.0 Å². The van der Waals surface area contributed by atoms with Gasteiger partial charge in [-0.15, -0.1) is 0 Å². The second kappa shape index (κ2) is 4.94. The van der Waals surface area contributed by atoms with E-state index in [-0.39, 0.29) is 5.78 Å². The molecule has 0 spiro atoms. The molecule has 2 rings (SSSR count). The number of benzene rings is 1. The number of Topliss-reactive ketones (excluding diaryl/α,β-unsaturated/α-hetero) is 1. The Balaban J connectivity index is 2.45. The zero-order valence-corrected chi connectivity index (χ0v) is 11.5. The van der Waals surface area contributed by atoms with E-state index >= 15 is 0 Å². The minimum Gasteiger partial charge on any atom is -0.300 e. The van der Waals surface area contributed by atoms with E-state index in [0.717, 1.165) is 22.4 Å². The van der Waals surface area contributed by atoms with Crippen LogP contribution in [-0.4, -0.2) is 15.6 Å². The van der Waals surface area contributed by atoms with Gasteiger partial charge in [-0.1, -0.05) is 11.6 Å². The van der Waals surface area contributed by atoms with Crippen molar-refractivity contribution in [1.82, 2.24) is 9.78 Å². The van der Waals surface area contributed by atoms with E-state index in [4.69, 9.17) is 11.6 Å². The van der Waals surface area contributed by atoms with Gasteiger partial charge in [0.25, 0.3) is 0 Å². The molecule has 94 valence electrons. The molecule has 0 N–H and O–H groups in total. The number of aryl methyl sites for hydroxylation is 2. The molecule has 0 saturated carbocycles. The molecule has 4 heteroatoms. The quantitative estimate of drug-likeness (QED) is 0.851. The van der Waals surface area contributed by atoms with Gasteiger partial charge in [-0.3, -0.25) is 4.79 Å². The molecule has 0 aliphatic rings. The summed E-state index contributed by atoms with van der Waals surface area (Å²) >= 11 is 5.86. The second-order valence-electron chi connectivity index (χ2n) is 4.54. The predicted molar refractivity (Wildman–Crippen MR) is 72.4 cm³/mol. The van der Waals surface area contributed by atoms with Gasteiger partial charge in [0, 0.05) is 12.6 Å². The Morgan fingerprint density at radius 2 is 1.94 bits per heavy atom. The van der Waals surface area contributed by atoms with Crippen molar-refractivity contribution in [3.63, 3.8) is 0 Å². The Morgan fingerprint density at radius 1 is 1.33 bits per heavy atom. The van der Waals surface area contributed by atoms with Crippen LogP contribution in [0.15, 0.2) is 24.5 Å². The summed E-state index contributed by atoms with van der Waals surface area (Å²) in [7, 11) is 0. The average molecular weight is 263 g/mol. The highest BCUT2D eigenvalue weighted by Gasteiger charge is 2.09. The number of halogens is 1. The largest absolute Gasteiger partial charge is 0.300 e. The highest BCUT2D eigenvalue weighted by molar-refractivity contribution is 6.30. The fourth-order valence-corrected chi connectivity index (χ4v) is 2.21. The van der Waals surface area contributed by atoms with Gasteiger partial charge < -0.3 is 0 Å². The van der Waals surface area contributed by atoms with Gasteiger partial charge in [-0.25, -0.2) is 4.68 Å². The molecule has 2 aromatic rings. The summed E-state index contributed by atoms with van der Waals surface area (Å²) < 4.78 is 1.74. The standard InChI is InChI=1S/C14H15ClN2O/c1-9-4-13(17-8-12(15)7-16-17)5-10(2)14(9)6-11(3)18/h4-5,7-8H,6H2,1-3H3. The highest BCUT2D eigenvalue weighted by atomic mass is 35.5. The first kappa shape index (κ1) is 12.8. The van der Waals surface area contributed by atoms with Gasteiger partial charge in [0.15, 0.2) is 0 Å². The average Bonchev–Trinajstić information content (AvgIpc) is 2.70. The summed E-state index contributed by atoms with van der Waals surface area (Å²) in [5.74, 6) is 0.177. The first-order valence-electron chi connectivity index (χ1n) is 5.77. The fraction of sp³-hybridized carbons (Fsp3) is 0.286. The topological polar surface area (TPSA) is 34.9 Å². The maximum atomic E-state index is 11.2. The number of hydrogen-bond acceptors (Lipinski definition) is 2. The molecule has 0 fully saturated rings. The number of nitrogens with zero attached hydrogens (tertiary/aromatic N) is 2. The lowest BCUT2D eigenvalue weighted by atomic mass is 9.97. The molecular formula is C14H15ClN2O. The van der Waals surface area contributed by atoms with E-state index in [9.17, 15) is 4.79 Å². The number of rotatable bonds is 3. The van der Waals surface area contributed by atoms with Crippen LogP contribution in [0, 0.1) is 13.8 Å². The lowest BCUT2D eigenvalue weighted by molar-refractivity contribution is -0.116. The Kier molecular flexibility index (Phi) is 3.53. The van der Waals surface area contributed by atoms with E-state index in [0.29, 0.717) is 11.4 Å². The third-order valence-corrected chi connectivity index (χ3v) is 3.12. The molecule has 0 saturated heterocycles. The van der Waals surface area contributed by atoms with Crippen LogP contribution in [-0.2, 0) is 11.2 Å². The van der Waals surface area contributed by atoms with Crippen molar-refractivity contribution >= 4 is 17.4 Å². The number of carbonyl (C=O) groups is 1. The molecule has 0 aliphatic heterocycles. The van der Waals surface area contributed by atoms with Crippen molar-refractivity contribution in [1.29, 1.82) is 0 Å². The highest BCUT2D eigenvalue weighted by Crippen LogP contribution is 2.21. The molecule has 0 aliphatic carbocycles. The summed E-state index contributed by atoms with van der Waals surface area (Å²) in [5, 5.41) is 4.79. The van der Waals surface area contributed by atoms with Crippen LogP contribution in [0.1, 0.15) is 23.6 Å². The maximum absolute atomic E-state index is 11.2.